The van der Waals surface area contributed by atoms with Gasteiger partial charge in [-0.25, -0.2) is 0 Å². The van der Waals surface area contributed by atoms with Crippen molar-refractivity contribution >= 4 is 17.5 Å². The van der Waals surface area contributed by atoms with E-state index in [1.54, 1.807) is 6.07 Å². The maximum atomic E-state index is 10.9. The predicted octanol–water partition coefficient (Wildman–Crippen LogP) is 6.26. The molecule has 0 unspecified atom stereocenters. The molecule has 0 amide bonds. The number of nitrogens with zero attached hydrogens (tertiary/aromatic N) is 2. The number of fused-ring (bicyclic) bond motifs is 5. The van der Waals surface area contributed by atoms with Crippen molar-refractivity contribution in [3.8, 4) is 28.6 Å². The molecule has 2 aromatic carbocycles. The topological polar surface area (TPSA) is 62.6 Å². The Kier molecular flexibility index (Phi) is 5.86. The fourth-order valence-corrected chi connectivity index (χ4v) is 5.55. The van der Waals surface area contributed by atoms with Crippen molar-refractivity contribution in [1.29, 1.82) is 0 Å². The van der Waals surface area contributed by atoms with E-state index in [0.29, 0.717) is 38.0 Å². The van der Waals surface area contributed by atoms with Gasteiger partial charge in [0.25, 0.3) is 6.47 Å². The zero-order valence-electron chi connectivity index (χ0n) is 19.6. The van der Waals surface area contributed by atoms with Gasteiger partial charge in [-0.1, -0.05) is 49.6 Å². The van der Waals surface area contributed by atoms with Crippen molar-refractivity contribution in [1.82, 2.24) is 9.55 Å². The lowest BCUT2D eigenvalue weighted by Gasteiger charge is -2.23. The molecule has 0 spiro atoms. The zero-order chi connectivity index (χ0) is 23.6. The summed E-state index contributed by atoms with van der Waals surface area (Å²) in [7, 11) is 0. The van der Waals surface area contributed by atoms with Gasteiger partial charge in [0.05, 0.1) is 12.2 Å². The van der Waals surface area contributed by atoms with E-state index >= 15 is 0 Å². The quantitative estimate of drug-likeness (QED) is 0.313. The summed E-state index contributed by atoms with van der Waals surface area (Å²) in [4.78, 5) is 15.7. The fourth-order valence-electron chi connectivity index (χ4n) is 5.55. The first kappa shape index (κ1) is 21.7. The van der Waals surface area contributed by atoms with Gasteiger partial charge in [-0.2, -0.15) is 4.98 Å². The third kappa shape index (κ3) is 4.14. The van der Waals surface area contributed by atoms with Crippen LogP contribution in [0.5, 0.6) is 17.4 Å². The molecule has 1 saturated carbocycles. The molecule has 0 atom stereocenters. The highest BCUT2D eigenvalue weighted by molar-refractivity contribution is 5.92. The zero-order valence-corrected chi connectivity index (χ0v) is 19.6. The largest absolute Gasteiger partial charge is 0.491 e. The SMILES string of the molecule is O=COc1ccc2c(C3CCCCC3)c3n(c2n1)CCOc1cc(OCc2ccccc2)ccc1-3. The van der Waals surface area contributed by atoms with Crippen LogP contribution in [0.1, 0.15) is 49.1 Å². The molecule has 1 fully saturated rings. The van der Waals surface area contributed by atoms with Crippen molar-refractivity contribution < 1.29 is 19.0 Å². The Hall–Kier alpha value is -3.80. The smallest absolute Gasteiger partial charge is 0.299 e. The van der Waals surface area contributed by atoms with Gasteiger partial charge in [0.1, 0.15) is 30.4 Å². The number of aromatic nitrogens is 2. The molecule has 1 aliphatic carbocycles. The first-order chi connectivity index (χ1) is 17.3. The predicted molar refractivity (Wildman–Crippen MR) is 134 cm³/mol. The summed E-state index contributed by atoms with van der Waals surface area (Å²) in [5, 5.41) is 1.14. The Morgan fingerprint density at radius 3 is 2.71 bits per heavy atom. The van der Waals surface area contributed by atoms with Crippen LogP contribution in [0.3, 0.4) is 0 Å². The number of pyridine rings is 1. The highest BCUT2D eigenvalue weighted by Crippen LogP contribution is 2.47. The van der Waals surface area contributed by atoms with E-state index in [0.717, 1.165) is 33.7 Å². The third-order valence-corrected chi connectivity index (χ3v) is 7.13. The molecule has 35 heavy (non-hydrogen) atoms. The van der Waals surface area contributed by atoms with Crippen molar-refractivity contribution in [2.75, 3.05) is 6.61 Å². The highest BCUT2D eigenvalue weighted by Gasteiger charge is 2.30. The van der Waals surface area contributed by atoms with E-state index in [4.69, 9.17) is 19.2 Å². The van der Waals surface area contributed by atoms with Crippen molar-refractivity contribution in [2.24, 2.45) is 0 Å². The van der Waals surface area contributed by atoms with Gasteiger partial charge in [0, 0.05) is 23.1 Å². The van der Waals surface area contributed by atoms with Crippen LogP contribution in [0.4, 0.5) is 0 Å². The van der Waals surface area contributed by atoms with Gasteiger partial charge in [0.15, 0.2) is 0 Å². The van der Waals surface area contributed by atoms with Gasteiger partial charge in [-0.3, -0.25) is 4.79 Å². The van der Waals surface area contributed by atoms with Crippen molar-refractivity contribution in [2.45, 2.75) is 51.2 Å². The van der Waals surface area contributed by atoms with Crippen LogP contribution in [0.2, 0.25) is 0 Å². The maximum absolute atomic E-state index is 10.9. The monoisotopic (exact) mass is 468 g/mol. The summed E-state index contributed by atoms with van der Waals surface area (Å²) in [6.45, 7) is 2.13. The number of hydrogen-bond acceptors (Lipinski definition) is 5. The minimum Gasteiger partial charge on any atom is -0.491 e. The third-order valence-electron chi connectivity index (χ3n) is 7.13. The van der Waals surface area contributed by atoms with Gasteiger partial charge in [0.2, 0.25) is 5.88 Å². The lowest BCUT2D eigenvalue weighted by molar-refractivity contribution is -0.120. The number of carbonyl (C=O) groups is 1. The highest BCUT2D eigenvalue weighted by atomic mass is 16.5. The van der Waals surface area contributed by atoms with Crippen LogP contribution >= 0.6 is 0 Å². The lowest BCUT2D eigenvalue weighted by atomic mass is 9.82. The van der Waals surface area contributed by atoms with Gasteiger partial charge in [-0.05, 0) is 48.1 Å². The Bertz CT molecular complexity index is 1360. The molecular weight excluding hydrogens is 440 g/mol. The first-order valence-electron chi connectivity index (χ1n) is 12.4. The molecule has 0 radical (unpaired) electrons. The van der Waals surface area contributed by atoms with E-state index in [-0.39, 0.29) is 0 Å². The molecule has 0 N–H and O–H groups in total. The molecule has 6 nitrogen and oxygen atoms in total. The molecule has 0 saturated heterocycles. The summed E-state index contributed by atoms with van der Waals surface area (Å²) in [6, 6.07) is 20.2. The fraction of sp³-hybridized carbons (Fsp3) is 0.310. The Balaban J connectivity index is 1.45. The Labute approximate surface area is 204 Å². The molecule has 1 aliphatic heterocycles. The van der Waals surface area contributed by atoms with Crippen molar-refractivity contribution in [3.63, 3.8) is 0 Å². The second-order valence-electron chi connectivity index (χ2n) is 9.26. The van der Waals surface area contributed by atoms with Crippen LogP contribution in [-0.4, -0.2) is 22.6 Å². The maximum Gasteiger partial charge on any atom is 0.299 e. The van der Waals surface area contributed by atoms with Gasteiger partial charge < -0.3 is 18.8 Å². The standard InChI is InChI=1S/C29H28N2O4/c32-19-35-26-14-13-24-27(21-9-5-2-6-10-21)28-23-12-11-22(34-18-20-7-3-1-4-8-20)17-25(23)33-16-15-31(28)29(24)30-26/h1,3-4,7-8,11-14,17,19,21H,2,5-6,9-10,15-16,18H2. The number of ether oxygens (including phenoxy) is 3. The van der Waals surface area contributed by atoms with E-state index < -0.39 is 0 Å². The summed E-state index contributed by atoms with van der Waals surface area (Å²) >= 11 is 0. The van der Waals surface area contributed by atoms with Crippen LogP contribution < -0.4 is 14.2 Å². The van der Waals surface area contributed by atoms with Crippen LogP contribution in [0, 0.1) is 0 Å². The van der Waals surface area contributed by atoms with Crippen LogP contribution in [0.25, 0.3) is 22.3 Å². The normalized spacial score (nSPS) is 15.5. The average Bonchev–Trinajstić information content (AvgIpc) is 3.10. The number of rotatable bonds is 6. The Morgan fingerprint density at radius 2 is 1.89 bits per heavy atom. The van der Waals surface area contributed by atoms with Gasteiger partial charge >= 0.3 is 0 Å². The molecule has 0 bridgehead atoms. The Morgan fingerprint density at radius 1 is 1.03 bits per heavy atom. The van der Waals surface area contributed by atoms with Crippen LogP contribution in [0.15, 0.2) is 60.7 Å². The number of benzene rings is 2. The minimum atomic E-state index is 0.318. The first-order valence-corrected chi connectivity index (χ1v) is 12.4. The number of hydrogen-bond donors (Lipinski definition) is 0. The minimum absolute atomic E-state index is 0.318. The summed E-state index contributed by atoms with van der Waals surface area (Å²) < 4.78 is 19.7. The molecule has 3 heterocycles. The average molecular weight is 469 g/mol. The molecule has 6 heteroatoms. The van der Waals surface area contributed by atoms with Crippen molar-refractivity contribution in [3.05, 3.63) is 71.8 Å². The summed E-state index contributed by atoms with van der Waals surface area (Å²) in [5.74, 6) is 2.41. The molecule has 2 aromatic heterocycles. The molecule has 6 rings (SSSR count). The second-order valence-corrected chi connectivity index (χ2v) is 9.26. The lowest BCUT2D eigenvalue weighted by Crippen LogP contribution is -2.08. The van der Waals surface area contributed by atoms with E-state index in [1.807, 2.05) is 30.3 Å². The summed E-state index contributed by atoms with van der Waals surface area (Å²) in [5.41, 5.74) is 5.55. The molecule has 4 aromatic rings. The van der Waals surface area contributed by atoms with Crippen LogP contribution in [-0.2, 0) is 17.9 Å². The number of carbonyl (C=O) groups excluding carboxylic acids is 1. The van der Waals surface area contributed by atoms with E-state index in [1.165, 1.54) is 43.4 Å². The van der Waals surface area contributed by atoms with E-state index in [2.05, 4.69) is 28.8 Å². The molecule has 2 aliphatic rings. The molecule has 178 valence electrons. The summed E-state index contributed by atoms with van der Waals surface area (Å²) in [6.07, 6.45) is 6.13. The van der Waals surface area contributed by atoms with E-state index in [9.17, 15) is 4.79 Å². The molecular formula is C29H28N2O4. The van der Waals surface area contributed by atoms with Gasteiger partial charge in [-0.15, -0.1) is 0 Å². The second kappa shape index (κ2) is 9.45.